The Bertz CT molecular complexity index is 552. The van der Waals surface area contributed by atoms with E-state index in [9.17, 15) is 0 Å². The Morgan fingerprint density at radius 2 is 1.88 bits per heavy atom. The van der Waals surface area contributed by atoms with Crippen molar-refractivity contribution in [2.45, 2.75) is 6.54 Å². The Morgan fingerprint density at radius 3 is 2.47 bits per heavy atom. The highest BCUT2D eigenvalue weighted by molar-refractivity contribution is 7.10. The maximum absolute atomic E-state index is 8.71. The van der Waals surface area contributed by atoms with Gasteiger partial charge in [-0.15, -0.1) is 11.3 Å². The summed E-state index contributed by atoms with van der Waals surface area (Å²) in [7, 11) is 0. The summed E-state index contributed by atoms with van der Waals surface area (Å²) in [6, 6.07) is 9.28. The van der Waals surface area contributed by atoms with Crippen molar-refractivity contribution in [3.63, 3.8) is 0 Å². The number of nitriles is 1. The lowest BCUT2D eigenvalue weighted by Crippen LogP contribution is -1.97. The summed E-state index contributed by atoms with van der Waals surface area (Å²) >= 11 is 13.3. The van der Waals surface area contributed by atoms with Crippen molar-refractivity contribution in [3.8, 4) is 6.07 Å². The summed E-state index contributed by atoms with van der Waals surface area (Å²) in [5.41, 5.74) is 1.56. The molecule has 0 radical (unpaired) electrons. The number of benzene rings is 1. The first kappa shape index (κ1) is 12.3. The molecule has 0 saturated heterocycles. The van der Waals surface area contributed by atoms with Gasteiger partial charge in [-0.3, -0.25) is 0 Å². The molecule has 0 aliphatic carbocycles. The molecule has 0 bridgehead atoms. The molecule has 1 heterocycles. The third kappa shape index (κ3) is 3.37. The first-order valence-corrected chi connectivity index (χ1v) is 6.48. The average molecular weight is 283 g/mol. The normalized spacial score (nSPS) is 9.94. The molecule has 1 aromatic heterocycles. The summed E-state index contributed by atoms with van der Waals surface area (Å²) in [4.78, 5) is 1.10. The minimum absolute atomic E-state index is 0.601. The van der Waals surface area contributed by atoms with E-state index in [1.807, 2.05) is 23.6 Å². The van der Waals surface area contributed by atoms with Crippen molar-refractivity contribution in [1.82, 2.24) is 0 Å². The number of thiophene rings is 1. The molecule has 2 rings (SSSR count). The van der Waals surface area contributed by atoms with E-state index in [1.54, 1.807) is 17.4 Å². The fourth-order valence-corrected chi connectivity index (χ4v) is 2.65. The van der Waals surface area contributed by atoms with E-state index < -0.39 is 0 Å². The largest absolute Gasteiger partial charge is 0.380 e. The lowest BCUT2D eigenvalue weighted by molar-refractivity contribution is 1.19. The van der Waals surface area contributed by atoms with E-state index in [0.717, 1.165) is 10.6 Å². The van der Waals surface area contributed by atoms with Crippen molar-refractivity contribution < 1.29 is 0 Å². The Labute approximate surface area is 113 Å². The van der Waals surface area contributed by atoms with Crippen LogP contribution in [0.15, 0.2) is 29.6 Å². The molecule has 5 heteroatoms. The highest BCUT2D eigenvalue weighted by Crippen LogP contribution is 2.23. The second kappa shape index (κ2) is 5.42. The first-order valence-electron chi connectivity index (χ1n) is 4.85. The van der Waals surface area contributed by atoms with E-state index in [4.69, 9.17) is 28.5 Å². The zero-order chi connectivity index (χ0) is 12.3. The molecule has 0 spiro atoms. The number of nitrogens with zero attached hydrogens (tertiary/aromatic N) is 1. The van der Waals surface area contributed by atoms with Gasteiger partial charge in [0.05, 0.1) is 5.56 Å². The molecule has 0 saturated carbocycles. The van der Waals surface area contributed by atoms with Gasteiger partial charge in [0.15, 0.2) is 0 Å². The first-order chi connectivity index (χ1) is 8.17. The summed E-state index contributed by atoms with van der Waals surface area (Å²) in [6.07, 6.45) is 0. The van der Waals surface area contributed by atoms with Gasteiger partial charge in [-0.05, 0) is 24.3 Å². The van der Waals surface area contributed by atoms with Crippen LogP contribution in [0, 0.1) is 11.3 Å². The van der Waals surface area contributed by atoms with Gasteiger partial charge in [-0.1, -0.05) is 23.2 Å². The lowest BCUT2D eigenvalue weighted by Gasteiger charge is -2.05. The van der Waals surface area contributed by atoms with Crippen LogP contribution in [-0.4, -0.2) is 0 Å². The molecular formula is C12H8Cl2N2S. The third-order valence-electron chi connectivity index (χ3n) is 2.11. The third-order valence-corrected chi connectivity index (χ3v) is 3.49. The average Bonchev–Trinajstić information content (AvgIpc) is 2.73. The van der Waals surface area contributed by atoms with Gasteiger partial charge < -0.3 is 5.32 Å². The van der Waals surface area contributed by atoms with Crippen molar-refractivity contribution in [3.05, 3.63) is 50.1 Å². The Balaban J connectivity index is 2.04. The lowest BCUT2D eigenvalue weighted by atomic mass is 10.3. The van der Waals surface area contributed by atoms with Crippen LogP contribution in [0.3, 0.4) is 0 Å². The Morgan fingerprint density at radius 1 is 1.18 bits per heavy atom. The Hall–Kier alpha value is -1.21. The number of halogens is 2. The topological polar surface area (TPSA) is 35.8 Å². The maximum atomic E-state index is 8.71. The molecule has 0 aliphatic heterocycles. The van der Waals surface area contributed by atoms with Gasteiger partial charge in [0.1, 0.15) is 6.07 Å². The van der Waals surface area contributed by atoms with Gasteiger partial charge in [0.25, 0.3) is 0 Å². The minimum Gasteiger partial charge on any atom is -0.380 e. The van der Waals surface area contributed by atoms with Crippen LogP contribution < -0.4 is 5.32 Å². The van der Waals surface area contributed by atoms with Crippen LogP contribution in [0.2, 0.25) is 10.0 Å². The monoisotopic (exact) mass is 282 g/mol. The summed E-state index contributed by atoms with van der Waals surface area (Å²) in [6.45, 7) is 0.656. The van der Waals surface area contributed by atoms with Gasteiger partial charge in [0.2, 0.25) is 0 Å². The summed E-state index contributed by atoms with van der Waals surface area (Å²) in [5.74, 6) is 0. The molecule has 1 aromatic carbocycles. The fourth-order valence-electron chi connectivity index (χ4n) is 1.38. The number of hydrogen-bond donors (Lipinski definition) is 1. The van der Waals surface area contributed by atoms with E-state index in [0.29, 0.717) is 22.2 Å². The van der Waals surface area contributed by atoms with E-state index in [-0.39, 0.29) is 0 Å². The second-order valence-electron chi connectivity index (χ2n) is 3.43. The molecule has 86 valence electrons. The maximum Gasteiger partial charge on any atom is 0.100 e. The van der Waals surface area contributed by atoms with Crippen LogP contribution in [0.4, 0.5) is 5.69 Å². The van der Waals surface area contributed by atoms with Gasteiger partial charge in [0, 0.05) is 32.5 Å². The standard InChI is InChI=1S/C12H8Cl2N2S/c13-9-2-10(14)4-11(3-9)16-6-12-1-8(5-15)7-17-12/h1-4,7,16H,6H2. The Kier molecular flexibility index (Phi) is 3.90. The van der Waals surface area contributed by atoms with E-state index >= 15 is 0 Å². The van der Waals surface area contributed by atoms with Crippen LogP contribution in [-0.2, 0) is 6.54 Å². The molecule has 0 fully saturated rings. The molecule has 1 N–H and O–H groups in total. The summed E-state index contributed by atoms with van der Waals surface area (Å²) < 4.78 is 0. The molecule has 2 aromatic rings. The van der Waals surface area contributed by atoms with Crippen LogP contribution in [0.25, 0.3) is 0 Å². The molecule has 2 nitrogen and oxygen atoms in total. The van der Waals surface area contributed by atoms with E-state index in [1.165, 1.54) is 0 Å². The van der Waals surface area contributed by atoms with Crippen molar-refractivity contribution in [2.75, 3.05) is 5.32 Å². The number of rotatable bonds is 3. The quantitative estimate of drug-likeness (QED) is 0.897. The fraction of sp³-hybridized carbons (Fsp3) is 0.0833. The molecule has 0 aliphatic rings. The molecule has 0 amide bonds. The molecular weight excluding hydrogens is 275 g/mol. The smallest absolute Gasteiger partial charge is 0.100 e. The molecule has 0 unspecified atom stereocenters. The van der Waals surface area contributed by atoms with Crippen LogP contribution in [0.5, 0.6) is 0 Å². The van der Waals surface area contributed by atoms with Gasteiger partial charge in [-0.25, -0.2) is 0 Å². The molecule has 0 atom stereocenters. The van der Waals surface area contributed by atoms with Gasteiger partial charge >= 0.3 is 0 Å². The molecule has 17 heavy (non-hydrogen) atoms. The van der Waals surface area contributed by atoms with Crippen molar-refractivity contribution in [2.24, 2.45) is 0 Å². The minimum atomic E-state index is 0.601. The zero-order valence-corrected chi connectivity index (χ0v) is 11.0. The number of anilines is 1. The highest BCUT2D eigenvalue weighted by Gasteiger charge is 2.01. The van der Waals surface area contributed by atoms with Crippen molar-refractivity contribution in [1.29, 1.82) is 5.26 Å². The summed E-state index contributed by atoms with van der Waals surface area (Å²) in [5, 5.41) is 15.0. The van der Waals surface area contributed by atoms with Gasteiger partial charge in [-0.2, -0.15) is 5.26 Å². The second-order valence-corrected chi connectivity index (χ2v) is 5.29. The van der Waals surface area contributed by atoms with Crippen LogP contribution >= 0.6 is 34.5 Å². The number of hydrogen-bond acceptors (Lipinski definition) is 3. The van der Waals surface area contributed by atoms with E-state index in [2.05, 4.69) is 11.4 Å². The predicted octanol–water partition coefficient (Wildman–Crippen LogP) is 4.54. The van der Waals surface area contributed by atoms with Crippen LogP contribution in [0.1, 0.15) is 10.4 Å². The highest BCUT2D eigenvalue weighted by atomic mass is 35.5. The SMILES string of the molecule is N#Cc1csc(CNc2cc(Cl)cc(Cl)c2)c1. The zero-order valence-electron chi connectivity index (χ0n) is 8.71. The number of nitrogens with one attached hydrogen (secondary N) is 1. The van der Waals surface area contributed by atoms with Crippen molar-refractivity contribution >= 4 is 40.2 Å². The predicted molar refractivity (Wildman–Crippen MR) is 72.8 cm³/mol.